The Morgan fingerprint density at radius 3 is 2.06 bits per heavy atom. The zero-order valence-corrected chi connectivity index (χ0v) is 27.8. The molecule has 0 aliphatic carbocycles. The molecule has 8 heteroatoms. The SMILES string of the molecule is Cc1cccc(CCCN(Cc2ccc(Oc3cc(C)ccc3C(=O)O)cc2)C(=O)NCc2ccccc2)c1.O=C=NCc1ccccc1. The zero-order valence-electron chi connectivity index (χ0n) is 27.8. The van der Waals surface area contributed by atoms with Crippen LogP contribution in [0.15, 0.2) is 132 Å². The Hall–Kier alpha value is -5.98. The molecule has 0 fully saturated rings. The summed E-state index contributed by atoms with van der Waals surface area (Å²) in [5.41, 5.74) is 6.55. The van der Waals surface area contributed by atoms with E-state index in [-0.39, 0.29) is 11.6 Å². The van der Waals surface area contributed by atoms with E-state index in [1.54, 1.807) is 30.3 Å². The molecule has 5 aromatic carbocycles. The van der Waals surface area contributed by atoms with Gasteiger partial charge in [-0.05, 0) is 78.8 Å². The minimum atomic E-state index is -1.04. The van der Waals surface area contributed by atoms with Crippen molar-refractivity contribution in [2.75, 3.05) is 6.54 Å². The molecular formula is C41H41N3O5. The molecule has 0 atom stereocenters. The molecule has 8 nitrogen and oxygen atoms in total. The van der Waals surface area contributed by atoms with Crippen LogP contribution in [0.2, 0.25) is 0 Å². The second-order valence-electron chi connectivity index (χ2n) is 11.6. The van der Waals surface area contributed by atoms with Crippen molar-refractivity contribution < 1.29 is 24.2 Å². The summed E-state index contributed by atoms with van der Waals surface area (Å²) in [6, 6.07) is 40.2. The van der Waals surface area contributed by atoms with E-state index in [1.807, 2.05) is 84.6 Å². The van der Waals surface area contributed by atoms with E-state index in [2.05, 4.69) is 41.5 Å². The summed E-state index contributed by atoms with van der Waals surface area (Å²) in [6.07, 6.45) is 3.22. The number of benzene rings is 5. The van der Waals surface area contributed by atoms with E-state index in [1.165, 1.54) is 17.2 Å². The number of amides is 2. The number of rotatable bonds is 13. The molecule has 0 radical (unpaired) electrons. The molecule has 0 aliphatic heterocycles. The maximum absolute atomic E-state index is 13.2. The van der Waals surface area contributed by atoms with Gasteiger partial charge in [0.05, 0.1) is 6.54 Å². The van der Waals surface area contributed by atoms with Gasteiger partial charge in [0.1, 0.15) is 17.1 Å². The van der Waals surface area contributed by atoms with Crippen molar-refractivity contribution in [3.63, 3.8) is 0 Å². The lowest BCUT2D eigenvalue weighted by molar-refractivity contribution is 0.0694. The van der Waals surface area contributed by atoms with Crippen molar-refractivity contribution in [1.29, 1.82) is 0 Å². The molecule has 49 heavy (non-hydrogen) atoms. The molecule has 0 spiro atoms. The molecule has 0 aliphatic rings. The Morgan fingerprint density at radius 2 is 1.41 bits per heavy atom. The number of nitrogens with one attached hydrogen (secondary N) is 1. The zero-order chi connectivity index (χ0) is 34.8. The van der Waals surface area contributed by atoms with Crippen molar-refractivity contribution in [3.8, 4) is 11.5 Å². The number of hydrogen-bond donors (Lipinski definition) is 2. The highest BCUT2D eigenvalue weighted by molar-refractivity contribution is 5.91. The fraction of sp³-hybridized carbons (Fsp3) is 0.195. The molecule has 0 aromatic heterocycles. The van der Waals surface area contributed by atoms with E-state index >= 15 is 0 Å². The molecule has 0 heterocycles. The van der Waals surface area contributed by atoms with Gasteiger partial charge < -0.3 is 20.1 Å². The van der Waals surface area contributed by atoms with Gasteiger partial charge >= 0.3 is 12.0 Å². The third kappa shape index (κ3) is 12.3. The number of isocyanates is 1. The van der Waals surface area contributed by atoms with Crippen LogP contribution in [-0.4, -0.2) is 34.6 Å². The lowest BCUT2D eigenvalue weighted by atomic mass is 10.1. The van der Waals surface area contributed by atoms with E-state index in [9.17, 15) is 19.5 Å². The molecule has 5 rings (SSSR count). The third-order valence-corrected chi connectivity index (χ3v) is 7.61. The summed E-state index contributed by atoms with van der Waals surface area (Å²) in [7, 11) is 0. The number of ether oxygens (including phenoxy) is 1. The van der Waals surface area contributed by atoms with Crippen LogP contribution in [0.3, 0.4) is 0 Å². The summed E-state index contributed by atoms with van der Waals surface area (Å²) in [6.45, 7) is 5.92. The predicted octanol–water partition coefficient (Wildman–Crippen LogP) is 8.66. The number of nitrogens with zero attached hydrogens (tertiary/aromatic N) is 2. The molecule has 2 N–H and O–H groups in total. The van der Waals surface area contributed by atoms with Crippen molar-refractivity contribution in [1.82, 2.24) is 10.2 Å². The van der Waals surface area contributed by atoms with E-state index < -0.39 is 5.97 Å². The number of aliphatic imine (C=N–C) groups is 1. The summed E-state index contributed by atoms with van der Waals surface area (Å²) < 4.78 is 5.90. The van der Waals surface area contributed by atoms with E-state index in [4.69, 9.17) is 4.74 Å². The quantitative estimate of drug-likeness (QED) is 0.0975. The van der Waals surface area contributed by atoms with Crippen molar-refractivity contribution in [3.05, 3.63) is 166 Å². The fourth-order valence-electron chi connectivity index (χ4n) is 5.09. The molecule has 2 amide bonds. The number of carboxylic acids is 1. The average Bonchev–Trinajstić information content (AvgIpc) is 3.11. The molecule has 0 saturated carbocycles. The smallest absolute Gasteiger partial charge is 0.339 e. The molecule has 0 saturated heterocycles. The predicted molar refractivity (Wildman–Crippen MR) is 192 cm³/mol. The second kappa shape index (κ2) is 19.0. The van der Waals surface area contributed by atoms with Crippen LogP contribution in [-0.2, 0) is 30.8 Å². The Morgan fingerprint density at radius 1 is 0.755 bits per heavy atom. The first-order chi connectivity index (χ1) is 23.8. The monoisotopic (exact) mass is 655 g/mol. The molecule has 250 valence electrons. The Bertz CT molecular complexity index is 1840. The Kier molecular flexibility index (Phi) is 13.9. The number of carboxylic acid groups (broad SMARTS) is 1. The maximum atomic E-state index is 13.2. The van der Waals surface area contributed by atoms with Crippen molar-refractivity contribution >= 4 is 18.1 Å². The van der Waals surface area contributed by atoms with Gasteiger partial charge in [-0.15, -0.1) is 0 Å². The molecule has 0 bridgehead atoms. The van der Waals surface area contributed by atoms with Gasteiger partial charge in [0, 0.05) is 19.6 Å². The van der Waals surface area contributed by atoms with Gasteiger partial charge in [-0.3, -0.25) is 0 Å². The molecule has 0 unspecified atom stereocenters. The third-order valence-electron chi connectivity index (χ3n) is 7.61. The molecule has 5 aromatic rings. The van der Waals surface area contributed by atoms with Gasteiger partial charge in [0.2, 0.25) is 6.08 Å². The standard InChI is InChI=1S/C33H34N2O4.C8H7NO/c1-24-8-6-11-26(20-24)12-7-19-35(33(38)34-22-27-9-4-3-5-10-27)23-28-14-16-29(17-15-28)39-31-21-25(2)13-18-30(31)32(36)37;10-7-9-6-8-4-2-1-3-5-8/h3-6,8-11,13-18,20-21H,7,12,19,22-23H2,1-2H3,(H,34,38)(H,36,37);1-5H,6H2. The Balaban J connectivity index is 0.000000463. The van der Waals surface area contributed by atoms with Crippen LogP contribution in [0, 0.1) is 13.8 Å². The lowest BCUT2D eigenvalue weighted by Crippen LogP contribution is -2.39. The molecular weight excluding hydrogens is 614 g/mol. The lowest BCUT2D eigenvalue weighted by Gasteiger charge is -2.24. The van der Waals surface area contributed by atoms with Gasteiger partial charge in [0.15, 0.2) is 0 Å². The summed E-state index contributed by atoms with van der Waals surface area (Å²) in [5, 5.41) is 12.5. The summed E-state index contributed by atoms with van der Waals surface area (Å²) in [5.74, 6) is -0.205. The number of urea groups is 1. The van der Waals surface area contributed by atoms with Crippen molar-refractivity contribution in [2.45, 2.75) is 46.3 Å². The van der Waals surface area contributed by atoms with Crippen LogP contribution < -0.4 is 10.1 Å². The number of aromatic carboxylic acids is 1. The number of aryl methyl sites for hydroxylation is 3. The fourth-order valence-corrected chi connectivity index (χ4v) is 5.09. The second-order valence-corrected chi connectivity index (χ2v) is 11.6. The van der Waals surface area contributed by atoms with E-state index in [0.717, 1.165) is 35.1 Å². The van der Waals surface area contributed by atoms with Crippen LogP contribution in [0.4, 0.5) is 4.79 Å². The topological polar surface area (TPSA) is 108 Å². The summed E-state index contributed by atoms with van der Waals surface area (Å²) >= 11 is 0. The van der Waals surface area contributed by atoms with Crippen LogP contribution in [0.1, 0.15) is 50.2 Å². The van der Waals surface area contributed by atoms with Gasteiger partial charge in [-0.2, -0.15) is 0 Å². The number of carbonyl (C=O) groups is 2. The number of hydrogen-bond acceptors (Lipinski definition) is 5. The van der Waals surface area contributed by atoms with E-state index in [0.29, 0.717) is 37.7 Å². The maximum Gasteiger partial charge on any atom is 0.339 e. The highest BCUT2D eigenvalue weighted by Crippen LogP contribution is 2.27. The number of carbonyl (C=O) groups excluding carboxylic acids is 2. The first kappa shape index (κ1) is 35.9. The van der Waals surface area contributed by atoms with Crippen molar-refractivity contribution in [2.24, 2.45) is 4.99 Å². The summed E-state index contributed by atoms with van der Waals surface area (Å²) in [4.78, 5) is 39.7. The highest BCUT2D eigenvalue weighted by Gasteiger charge is 2.15. The minimum absolute atomic E-state index is 0.111. The first-order valence-electron chi connectivity index (χ1n) is 16.1. The largest absolute Gasteiger partial charge is 0.478 e. The Labute approximate surface area is 287 Å². The van der Waals surface area contributed by atoms with Crippen LogP contribution >= 0.6 is 0 Å². The van der Waals surface area contributed by atoms with Gasteiger partial charge in [-0.1, -0.05) is 109 Å². The van der Waals surface area contributed by atoms with Crippen LogP contribution in [0.25, 0.3) is 0 Å². The van der Waals surface area contributed by atoms with Crippen LogP contribution in [0.5, 0.6) is 11.5 Å². The van der Waals surface area contributed by atoms with Gasteiger partial charge in [-0.25, -0.2) is 19.4 Å². The minimum Gasteiger partial charge on any atom is -0.478 e. The van der Waals surface area contributed by atoms with Gasteiger partial charge in [0.25, 0.3) is 0 Å². The average molecular weight is 656 g/mol. The first-order valence-corrected chi connectivity index (χ1v) is 16.1. The normalized spacial score (nSPS) is 10.2. The highest BCUT2D eigenvalue weighted by atomic mass is 16.5.